The molecule has 0 radical (unpaired) electrons. The summed E-state index contributed by atoms with van der Waals surface area (Å²) in [5.74, 6) is -10.2. The van der Waals surface area contributed by atoms with E-state index in [1.54, 1.807) is 19.9 Å². The lowest BCUT2D eigenvalue weighted by atomic mass is 9.85. The van der Waals surface area contributed by atoms with Crippen LogP contribution in [-0.2, 0) is 66.6 Å². The van der Waals surface area contributed by atoms with Gasteiger partial charge in [0, 0.05) is 71.3 Å². The van der Waals surface area contributed by atoms with Gasteiger partial charge in [0.15, 0.2) is 0 Å². The van der Waals surface area contributed by atoms with Crippen molar-refractivity contribution in [2.45, 2.75) is 129 Å². The van der Waals surface area contributed by atoms with Gasteiger partial charge < -0.3 is 30.4 Å². The number of nitrogens with zero attached hydrogens (tertiary/aromatic N) is 3. The van der Waals surface area contributed by atoms with Crippen molar-refractivity contribution in [3.8, 4) is 11.4 Å². The summed E-state index contributed by atoms with van der Waals surface area (Å²) in [5, 5.41) is 5.61. The fourth-order valence-corrected chi connectivity index (χ4v) is 9.15. The van der Waals surface area contributed by atoms with Crippen molar-refractivity contribution in [3.63, 3.8) is 0 Å². The lowest BCUT2D eigenvalue weighted by Gasteiger charge is -2.35. The highest BCUT2D eigenvalue weighted by Crippen LogP contribution is 2.42. The van der Waals surface area contributed by atoms with E-state index < -0.39 is 78.1 Å². The molecule has 6 rings (SSSR count). The van der Waals surface area contributed by atoms with E-state index in [0.717, 1.165) is 20.3 Å². The number of hydrogen-bond acceptors (Lipinski definition) is 12. The van der Waals surface area contributed by atoms with Crippen molar-refractivity contribution in [1.29, 1.82) is 0 Å². The van der Waals surface area contributed by atoms with E-state index in [0.29, 0.717) is 36.2 Å². The molecule has 0 saturated carbocycles. The Morgan fingerprint density at radius 1 is 0.971 bits per heavy atom. The van der Waals surface area contributed by atoms with Gasteiger partial charge in [0.05, 0.1) is 42.0 Å². The molecule has 20 heteroatoms. The topological polar surface area (TPSA) is 243 Å². The van der Waals surface area contributed by atoms with E-state index in [1.165, 1.54) is 23.6 Å². The lowest BCUT2D eigenvalue weighted by molar-refractivity contribution is -0.190. The molecule has 0 bridgehead atoms. The molecule has 4 N–H and O–H groups in total. The molecule has 3 aliphatic heterocycles. The first kappa shape index (κ1) is 51.2. The zero-order valence-corrected chi connectivity index (χ0v) is 39.7. The summed E-state index contributed by atoms with van der Waals surface area (Å²) >= 11 is 3.54. The number of carbonyl (C=O) groups is 8. The molecule has 2 aromatic heterocycles. The van der Waals surface area contributed by atoms with Gasteiger partial charge in [-0.25, -0.2) is 18.6 Å². The zero-order valence-electron chi connectivity index (χ0n) is 38.1. The first-order valence-corrected chi connectivity index (χ1v) is 23.6. The third kappa shape index (κ3) is 11.7. The quantitative estimate of drug-likeness (QED) is 0.0468. The van der Waals surface area contributed by atoms with E-state index in [9.17, 15) is 43.2 Å². The Morgan fingerprint density at radius 3 is 2.38 bits per heavy atom. The predicted molar refractivity (Wildman–Crippen MR) is 245 cm³/mol. The second kappa shape index (κ2) is 21.8. The molecule has 3 atom stereocenters. The number of Topliss-reactive ketones (excluding diaryl/α,β-unsaturated/α-hetero) is 1. The van der Waals surface area contributed by atoms with Crippen LogP contribution in [0.25, 0.3) is 22.3 Å². The van der Waals surface area contributed by atoms with Crippen LogP contribution in [-0.4, -0.2) is 86.8 Å². The Morgan fingerprint density at radius 2 is 1.69 bits per heavy atom. The Kier molecular flexibility index (Phi) is 16.5. The summed E-state index contributed by atoms with van der Waals surface area (Å²) in [6, 6.07) is 7.66. The number of carbonyl (C=O) groups excluding carboxylic acids is 8. The lowest BCUT2D eigenvalue weighted by Crippen LogP contribution is -2.51. The summed E-state index contributed by atoms with van der Waals surface area (Å²) in [4.78, 5) is 122. The van der Waals surface area contributed by atoms with Crippen LogP contribution < -0.4 is 21.9 Å². The van der Waals surface area contributed by atoms with Crippen LogP contribution in [0.15, 0.2) is 51.8 Å². The number of ether oxygens (including phenoxy) is 2. The van der Waals surface area contributed by atoms with Gasteiger partial charge in [-0.05, 0) is 62.3 Å². The molecule has 0 saturated heterocycles. The molecule has 1 aromatic carbocycles. The van der Waals surface area contributed by atoms with Gasteiger partial charge in [0.1, 0.15) is 18.4 Å². The number of pyridine rings is 2. The minimum atomic E-state index is -3.68. The summed E-state index contributed by atoms with van der Waals surface area (Å²) in [7, 11) is 0. The fourth-order valence-electron chi connectivity index (χ4n) is 8.68. The number of hydrogen-bond donors (Lipinski definition) is 3. The number of imide groups is 1. The van der Waals surface area contributed by atoms with Gasteiger partial charge in [-0.1, -0.05) is 55.6 Å². The number of primary amides is 1. The number of cyclic esters (lactones) is 1. The van der Waals surface area contributed by atoms with Crippen LogP contribution in [0, 0.1) is 11.8 Å². The van der Waals surface area contributed by atoms with Crippen molar-refractivity contribution < 1.29 is 56.6 Å². The Hall–Kier alpha value is -6.18. The van der Waals surface area contributed by atoms with E-state index in [2.05, 4.69) is 26.6 Å². The van der Waals surface area contributed by atoms with Crippen molar-refractivity contribution in [3.05, 3.63) is 74.0 Å². The molecule has 5 amide bonds. The van der Waals surface area contributed by atoms with E-state index in [1.807, 2.05) is 24.3 Å². The van der Waals surface area contributed by atoms with Crippen LogP contribution in [0.1, 0.15) is 115 Å². The molecule has 5 heterocycles. The second-order valence-corrected chi connectivity index (χ2v) is 18.6. The summed E-state index contributed by atoms with van der Waals surface area (Å²) < 4.78 is 44.4. The highest BCUT2D eigenvalue weighted by Gasteiger charge is 2.51. The number of fused-ring (bicyclic) bond motifs is 5. The normalized spacial score (nSPS) is 17.1. The van der Waals surface area contributed by atoms with Crippen molar-refractivity contribution >= 4 is 74.1 Å². The number of aromatic nitrogens is 2. The molecule has 68 heavy (non-hydrogen) atoms. The number of halogens is 3. The molecule has 3 aliphatic rings. The van der Waals surface area contributed by atoms with Gasteiger partial charge in [-0.3, -0.25) is 43.3 Å². The van der Waals surface area contributed by atoms with Crippen LogP contribution >= 0.6 is 15.9 Å². The molecule has 0 spiro atoms. The van der Waals surface area contributed by atoms with Gasteiger partial charge in [-0.2, -0.15) is 0 Å². The smallest absolute Gasteiger partial charge is 0.355 e. The minimum Gasteiger partial charge on any atom is -0.457 e. The number of ketones is 1. The maximum atomic E-state index is 15.5. The number of rotatable bonds is 24. The molecule has 0 unspecified atom stereocenters. The van der Waals surface area contributed by atoms with Gasteiger partial charge >= 0.3 is 11.9 Å². The average molecular weight is 1010 g/mol. The number of benzene rings is 1. The number of nitrogens with one attached hydrogen (secondary N) is 2. The van der Waals surface area contributed by atoms with Crippen LogP contribution in [0.2, 0.25) is 0 Å². The van der Waals surface area contributed by atoms with E-state index >= 15 is 8.78 Å². The van der Waals surface area contributed by atoms with E-state index in [-0.39, 0.29) is 99.3 Å². The van der Waals surface area contributed by atoms with Gasteiger partial charge in [0.25, 0.3) is 23.3 Å². The SMILES string of the molecule is CC[C@@]1(OC(=O)CCC(F)(F)CNC(=O)[C@H](CCCCC(N)=O)NC(=O)[C@@H](CC(=O)CCCCCN2C(=O)C=CC2=O)C(C)C)C(=O)OCc2c1cc1n(c2=O)Cc2cc3c(Br)cccc3nc2-1. The third-order valence-electron chi connectivity index (χ3n) is 12.6. The average Bonchev–Trinajstić information content (AvgIpc) is 3.82. The van der Waals surface area contributed by atoms with Crippen molar-refractivity contribution in [2.75, 3.05) is 13.1 Å². The summed E-state index contributed by atoms with van der Waals surface area (Å²) in [6.45, 7) is 3.78. The van der Waals surface area contributed by atoms with E-state index in [4.69, 9.17) is 20.2 Å². The predicted octanol–water partition coefficient (Wildman–Crippen LogP) is 5.17. The molecule has 364 valence electrons. The highest BCUT2D eigenvalue weighted by atomic mass is 79.9. The van der Waals surface area contributed by atoms with Gasteiger partial charge in [0.2, 0.25) is 23.3 Å². The molecular weight excluding hydrogens is 954 g/mol. The zero-order chi connectivity index (χ0) is 49.5. The molecular formula is C48H55BrF2N6O11. The Bertz CT molecular complexity index is 2600. The highest BCUT2D eigenvalue weighted by molar-refractivity contribution is 9.10. The molecule has 0 fully saturated rings. The van der Waals surface area contributed by atoms with Gasteiger partial charge in [-0.15, -0.1) is 0 Å². The standard InChI is InChI=1S/C48H55BrF2N6O11/c1-4-48(33-23-37-42-28(21-31-34(49)12-10-14-35(31)54-42)24-57(37)45(65)32(33)25-67-46(48)66)68-41(62)18-19-47(50,51)26-53-44(64)36(13-7-8-15-38(52)59)55-43(63)30(27(2)3)22-29(58)11-6-5-9-20-56-39(60)16-17-40(56)61/h10,12,14,16-17,21,23,27,30,36H,4-9,11,13,15,18-20,22,24-26H2,1-3H3,(H2,52,59)(H,53,64)(H,55,63)/t30-,36-,48-/m0/s1. The monoisotopic (exact) mass is 1010 g/mol. The number of unbranched alkanes of at least 4 members (excludes halogenated alkanes) is 3. The Balaban J connectivity index is 1.06. The van der Waals surface area contributed by atoms with Crippen LogP contribution in [0.5, 0.6) is 0 Å². The van der Waals surface area contributed by atoms with Crippen molar-refractivity contribution in [2.24, 2.45) is 17.6 Å². The first-order valence-electron chi connectivity index (χ1n) is 22.8. The summed E-state index contributed by atoms with van der Waals surface area (Å²) in [6.07, 6.45) is 2.12. The third-order valence-corrected chi connectivity index (χ3v) is 13.3. The second-order valence-electron chi connectivity index (χ2n) is 17.8. The summed E-state index contributed by atoms with van der Waals surface area (Å²) in [5.41, 5.74) is 5.10. The van der Waals surface area contributed by atoms with Crippen molar-refractivity contribution in [1.82, 2.24) is 25.1 Å². The number of alkyl halides is 2. The number of amides is 5. The number of esters is 2. The van der Waals surface area contributed by atoms with Crippen LogP contribution in [0.4, 0.5) is 8.78 Å². The minimum absolute atomic E-state index is 0.0101. The molecule has 17 nitrogen and oxygen atoms in total. The molecule has 0 aliphatic carbocycles. The fraction of sp³-hybridized carbons (Fsp3) is 0.500. The molecule has 3 aromatic rings. The Labute approximate surface area is 399 Å². The van der Waals surface area contributed by atoms with Crippen LogP contribution in [0.3, 0.4) is 0 Å². The maximum Gasteiger partial charge on any atom is 0.355 e. The first-order chi connectivity index (χ1) is 32.2. The number of nitrogens with two attached hydrogens (primary N) is 1. The maximum absolute atomic E-state index is 15.5. The largest absolute Gasteiger partial charge is 0.457 e.